The fourth-order valence-electron chi connectivity index (χ4n) is 1.86. The number of carbonyl (C=O) groups excluding carboxylic acids is 1. The van der Waals surface area contributed by atoms with Crippen LogP contribution in [0.15, 0.2) is 16.7 Å². The van der Waals surface area contributed by atoms with Gasteiger partial charge in [-0.15, -0.1) is 0 Å². The van der Waals surface area contributed by atoms with E-state index in [0.717, 1.165) is 25.5 Å². The van der Waals surface area contributed by atoms with Crippen LogP contribution in [0.2, 0.25) is 0 Å². The maximum absolute atomic E-state index is 11.3. The molecule has 0 radical (unpaired) electrons. The quantitative estimate of drug-likeness (QED) is 0.444. The van der Waals surface area contributed by atoms with E-state index >= 15 is 0 Å². The van der Waals surface area contributed by atoms with Gasteiger partial charge in [0.1, 0.15) is 12.0 Å². The molecule has 1 aliphatic rings. The number of hydrogen-bond donors (Lipinski definition) is 2. The standard InChI is InChI=1S/C11H17N3O3/c1-8-6-16-3-2-14(8)5-10-4-9(7-17-10)11(15)13-12/h4,7-8H,2-3,5-6,12H2,1H3,(H,13,15). The second kappa shape index (κ2) is 5.31. The van der Waals surface area contributed by atoms with Crippen molar-refractivity contribution in [3.05, 3.63) is 23.7 Å². The molecule has 1 saturated heterocycles. The molecule has 0 spiro atoms. The predicted molar refractivity (Wildman–Crippen MR) is 61.1 cm³/mol. The fourth-order valence-corrected chi connectivity index (χ4v) is 1.86. The number of nitrogens with zero attached hydrogens (tertiary/aromatic N) is 1. The number of hydrogen-bond acceptors (Lipinski definition) is 5. The highest BCUT2D eigenvalue weighted by Crippen LogP contribution is 2.14. The van der Waals surface area contributed by atoms with Crippen molar-refractivity contribution < 1.29 is 13.9 Å². The molecule has 1 aromatic heterocycles. The zero-order chi connectivity index (χ0) is 12.3. The summed E-state index contributed by atoms with van der Waals surface area (Å²) in [6, 6.07) is 2.07. The molecule has 17 heavy (non-hydrogen) atoms. The maximum Gasteiger partial charge on any atom is 0.268 e. The zero-order valence-electron chi connectivity index (χ0n) is 9.81. The van der Waals surface area contributed by atoms with Gasteiger partial charge in [0.2, 0.25) is 0 Å². The molecular formula is C11H17N3O3. The number of amides is 1. The highest BCUT2D eigenvalue weighted by atomic mass is 16.5. The minimum Gasteiger partial charge on any atom is -0.467 e. The van der Waals surface area contributed by atoms with Gasteiger partial charge in [-0.3, -0.25) is 15.1 Å². The van der Waals surface area contributed by atoms with Gasteiger partial charge in [-0.1, -0.05) is 0 Å². The molecule has 1 fully saturated rings. The number of rotatable bonds is 3. The lowest BCUT2D eigenvalue weighted by Crippen LogP contribution is -2.42. The van der Waals surface area contributed by atoms with E-state index in [4.69, 9.17) is 15.0 Å². The molecule has 0 saturated carbocycles. The van der Waals surface area contributed by atoms with Gasteiger partial charge in [-0.05, 0) is 13.0 Å². The van der Waals surface area contributed by atoms with E-state index in [2.05, 4.69) is 17.2 Å². The van der Waals surface area contributed by atoms with E-state index in [-0.39, 0.29) is 5.91 Å². The molecule has 1 aromatic rings. The fraction of sp³-hybridized carbons (Fsp3) is 0.545. The highest BCUT2D eigenvalue weighted by molar-refractivity contribution is 5.93. The molecule has 3 N–H and O–H groups in total. The van der Waals surface area contributed by atoms with Crippen molar-refractivity contribution in [2.45, 2.75) is 19.5 Å². The van der Waals surface area contributed by atoms with Gasteiger partial charge in [0.05, 0.1) is 25.3 Å². The van der Waals surface area contributed by atoms with Crippen LogP contribution in [0.1, 0.15) is 23.0 Å². The maximum atomic E-state index is 11.3. The number of nitrogens with two attached hydrogens (primary N) is 1. The summed E-state index contributed by atoms with van der Waals surface area (Å²) in [6.07, 6.45) is 1.42. The SMILES string of the molecule is CC1COCCN1Cc1cc(C(=O)NN)co1. The third-order valence-electron chi connectivity index (χ3n) is 2.91. The first-order valence-electron chi connectivity index (χ1n) is 5.61. The number of carbonyl (C=O) groups is 1. The Kier molecular flexibility index (Phi) is 3.78. The highest BCUT2D eigenvalue weighted by Gasteiger charge is 2.20. The van der Waals surface area contributed by atoms with Crippen molar-refractivity contribution >= 4 is 5.91 Å². The summed E-state index contributed by atoms with van der Waals surface area (Å²) >= 11 is 0. The Morgan fingerprint density at radius 3 is 3.24 bits per heavy atom. The summed E-state index contributed by atoms with van der Waals surface area (Å²) < 4.78 is 10.7. The third-order valence-corrected chi connectivity index (χ3v) is 2.91. The van der Waals surface area contributed by atoms with Gasteiger partial charge in [-0.2, -0.15) is 0 Å². The number of nitrogen functional groups attached to an aromatic ring is 1. The van der Waals surface area contributed by atoms with E-state index in [9.17, 15) is 4.79 Å². The van der Waals surface area contributed by atoms with Crippen molar-refractivity contribution in [1.29, 1.82) is 0 Å². The van der Waals surface area contributed by atoms with Crippen LogP contribution in [0, 0.1) is 0 Å². The van der Waals surface area contributed by atoms with Crippen molar-refractivity contribution in [2.75, 3.05) is 19.8 Å². The minimum atomic E-state index is -0.338. The Hall–Kier alpha value is -1.37. The van der Waals surface area contributed by atoms with Gasteiger partial charge in [-0.25, -0.2) is 5.84 Å². The van der Waals surface area contributed by atoms with Crippen LogP contribution in [0.5, 0.6) is 0 Å². The van der Waals surface area contributed by atoms with Crippen LogP contribution in [-0.2, 0) is 11.3 Å². The first-order valence-corrected chi connectivity index (χ1v) is 5.61. The second-order valence-electron chi connectivity index (χ2n) is 4.17. The van der Waals surface area contributed by atoms with Gasteiger partial charge in [0.15, 0.2) is 0 Å². The average Bonchev–Trinajstić information content (AvgIpc) is 2.80. The molecule has 6 nitrogen and oxygen atoms in total. The summed E-state index contributed by atoms with van der Waals surface area (Å²) in [5.74, 6) is 5.47. The van der Waals surface area contributed by atoms with Gasteiger partial charge in [0.25, 0.3) is 5.91 Å². The number of ether oxygens (including phenoxy) is 1. The van der Waals surface area contributed by atoms with Crippen LogP contribution in [0.3, 0.4) is 0 Å². The molecule has 94 valence electrons. The van der Waals surface area contributed by atoms with Crippen LogP contribution in [0.4, 0.5) is 0 Å². The second-order valence-corrected chi connectivity index (χ2v) is 4.17. The molecule has 1 aliphatic heterocycles. The largest absolute Gasteiger partial charge is 0.467 e. The number of furan rings is 1. The third kappa shape index (κ3) is 2.85. The number of hydrazine groups is 1. The van der Waals surface area contributed by atoms with E-state index in [1.54, 1.807) is 6.07 Å². The molecule has 1 atom stereocenters. The van der Waals surface area contributed by atoms with Crippen LogP contribution < -0.4 is 11.3 Å². The van der Waals surface area contributed by atoms with Crippen LogP contribution in [0.25, 0.3) is 0 Å². The van der Waals surface area contributed by atoms with E-state index in [0.29, 0.717) is 18.2 Å². The summed E-state index contributed by atoms with van der Waals surface area (Å²) in [5.41, 5.74) is 2.52. The Balaban J connectivity index is 1.98. The molecule has 2 heterocycles. The lowest BCUT2D eigenvalue weighted by Gasteiger charge is -2.32. The van der Waals surface area contributed by atoms with Crippen molar-refractivity contribution in [3.8, 4) is 0 Å². The normalized spacial score (nSPS) is 21.4. The first kappa shape index (κ1) is 12.1. The molecule has 0 aromatic carbocycles. The lowest BCUT2D eigenvalue weighted by molar-refractivity contribution is -0.00709. The van der Waals surface area contributed by atoms with Crippen LogP contribution >= 0.6 is 0 Å². The summed E-state index contributed by atoms with van der Waals surface area (Å²) in [5, 5.41) is 0. The molecule has 1 amide bonds. The van der Waals surface area contributed by atoms with Crippen LogP contribution in [-0.4, -0.2) is 36.6 Å². The monoisotopic (exact) mass is 239 g/mol. The Bertz CT molecular complexity index is 391. The Labute approximate surface area is 99.7 Å². The van der Waals surface area contributed by atoms with Gasteiger partial charge in [0, 0.05) is 12.6 Å². The summed E-state index contributed by atoms with van der Waals surface area (Å²) in [7, 11) is 0. The lowest BCUT2D eigenvalue weighted by atomic mass is 10.2. The number of nitrogens with one attached hydrogen (secondary N) is 1. The Morgan fingerprint density at radius 2 is 2.53 bits per heavy atom. The summed E-state index contributed by atoms with van der Waals surface area (Å²) in [4.78, 5) is 13.5. The Morgan fingerprint density at radius 1 is 1.71 bits per heavy atom. The average molecular weight is 239 g/mol. The predicted octanol–water partition coefficient (Wildman–Crippen LogP) is 0.104. The van der Waals surface area contributed by atoms with E-state index in [1.807, 2.05) is 0 Å². The molecular weight excluding hydrogens is 222 g/mol. The van der Waals surface area contributed by atoms with E-state index in [1.165, 1.54) is 6.26 Å². The molecule has 2 rings (SSSR count). The molecule has 0 aliphatic carbocycles. The zero-order valence-corrected chi connectivity index (χ0v) is 9.81. The van der Waals surface area contributed by atoms with Gasteiger partial charge < -0.3 is 9.15 Å². The van der Waals surface area contributed by atoms with Crippen molar-refractivity contribution in [3.63, 3.8) is 0 Å². The number of morpholine rings is 1. The topological polar surface area (TPSA) is 80.7 Å². The van der Waals surface area contributed by atoms with Crippen molar-refractivity contribution in [2.24, 2.45) is 5.84 Å². The smallest absolute Gasteiger partial charge is 0.268 e. The van der Waals surface area contributed by atoms with Gasteiger partial charge >= 0.3 is 0 Å². The first-order chi connectivity index (χ1) is 8.20. The van der Waals surface area contributed by atoms with Crippen molar-refractivity contribution in [1.82, 2.24) is 10.3 Å². The molecule has 1 unspecified atom stereocenters. The molecule has 0 bridgehead atoms. The summed E-state index contributed by atoms with van der Waals surface area (Å²) in [6.45, 7) is 5.14. The minimum absolute atomic E-state index is 0.338. The molecule has 6 heteroatoms. The van der Waals surface area contributed by atoms with E-state index < -0.39 is 0 Å².